The third-order valence-corrected chi connectivity index (χ3v) is 6.56. The number of benzene rings is 1. The van der Waals surface area contributed by atoms with Gasteiger partial charge in [-0.25, -0.2) is 4.98 Å². The smallest absolute Gasteiger partial charge is 0.260 e. The summed E-state index contributed by atoms with van der Waals surface area (Å²) in [6.07, 6.45) is 1.69. The van der Waals surface area contributed by atoms with E-state index in [1.807, 2.05) is 13.8 Å². The molecule has 33 heavy (non-hydrogen) atoms. The maximum Gasteiger partial charge on any atom is 0.260 e. The third kappa shape index (κ3) is 4.23. The molecule has 3 heterocycles. The molecule has 1 N–H and O–H groups in total. The fraction of sp³-hybridized carbons (Fsp3) is 0.435. The molecule has 2 atom stereocenters. The lowest BCUT2D eigenvalue weighted by atomic mass is 10.0. The number of rotatable bonds is 6. The molecule has 1 aromatic carbocycles. The van der Waals surface area contributed by atoms with E-state index < -0.39 is 0 Å². The summed E-state index contributed by atoms with van der Waals surface area (Å²) in [5.74, 6) is 1.50. The number of anilines is 1. The van der Waals surface area contributed by atoms with Crippen LogP contribution in [-0.2, 0) is 4.74 Å². The third-order valence-electron chi connectivity index (χ3n) is 5.81. The lowest BCUT2D eigenvalue weighted by molar-refractivity contribution is 0.187. The Bertz CT molecular complexity index is 1230. The van der Waals surface area contributed by atoms with E-state index in [0.717, 1.165) is 0 Å². The molecule has 3 aromatic rings. The molecule has 1 aliphatic heterocycles. The lowest BCUT2D eigenvalue weighted by Crippen LogP contribution is -2.28. The number of ether oxygens (including phenoxy) is 3. The molecule has 0 bridgehead atoms. The van der Waals surface area contributed by atoms with Crippen molar-refractivity contribution in [3.05, 3.63) is 38.7 Å². The Morgan fingerprint density at radius 2 is 1.82 bits per heavy atom. The molecule has 0 saturated carbocycles. The van der Waals surface area contributed by atoms with Gasteiger partial charge in [0.1, 0.15) is 17.1 Å². The number of fused-ring (bicyclic) bond motifs is 1. The van der Waals surface area contributed by atoms with Crippen LogP contribution >= 0.6 is 23.2 Å². The highest BCUT2D eigenvalue weighted by Gasteiger charge is 2.26. The van der Waals surface area contributed by atoms with Crippen LogP contribution in [0.1, 0.15) is 26.8 Å². The van der Waals surface area contributed by atoms with Gasteiger partial charge in [-0.1, -0.05) is 30.1 Å². The van der Waals surface area contributed by atoms with Gasteiger partial charge in [0.2, 0.25) is 5.95 Å². The summed E-state index contributed by atoms with van der Waals surface area (Å²) < 4.78 is 17.9. The minimum atomic E-state index is -0.279. The van der Waals surface area contributed by atoms with Crippen LogP contribution in [0.15, 0.2) is 23.1 Å². The number of nitrogens with one attached hydrogen (secondary N) is 1. The zero-order valence-electron chi connectivity index (χ0n) is 19.1. The second kappa shape index (κ2) is 9.37. The second-order valence-corrected chi connectivity index (χ2v) is 9.11. The molecule has 10 heteroatoms. The van der Waals surface area contributed by atoms with E-state index in [1.165, 1.54) is 14.2 Å². The summed E-state index contributed by atoms with van der Waals surface area (Å²) in [6, 6.07) is 3.22. The van der Waals surface area contributed by atoms with Crippen LogP contribution in [0.2, 0.25) is 10.0 Å². The van der Waals surface area contributed by atoms with Crippen molar-refractivity contribution in [3.63, 3.8) is 0 Å². The van der Waals surface area contributed by atoms with Crippen LogP contribution in [0.25, 0.3) is 22.2 Å². The number of pyridine rings is 1. The van der Waals surface area contributed by atoms with Crippen molar-refractivity contribution < 1.29 is 14.2 Å². The van der Waals surface area contributed by atoms with Crippen LogP contribution in [-0.4, -0.2) is 48.0 Å². The number of nitrogens with zero attached hydrogens (tertiary/aromatic N) is 3. The molecule has 4 rings (SSSR count). The van der Waals surface area contributed by atoms with Crippen molar-refractivity contribution in [2.45, 2.75) is 32.9 Å². The van der Waals surface area contributed by atoms with Crippen molar-refractivity contribution in [2.24, 2.45) is 5.92 Å². The van der Waals surface area contributed by atoms with Gasteiger partial charge in [0, 0.05) is 35.2 Å². The summed E-state index contributed by atoms with van der Waals surface area (Å²) in [5, 5.41) is 4.45. The van der Waals surface area contributed by atoms with Crippen molar-refractivity contribution in [1.82, 2.24) is 14.5 Å². The normalized spacial score (nSPS) is 18.2. The molecule has 0 unspecified atom stereocenters. The first-order valence-electron chi connectivity index (χ1n) is 10.6. The minimum Gasteiger partial charge on any atom is -0.495 e. The van der Waals surface area contributed by atoms with Crippen molar-refractivity contribution in [3.8, 4) is 22.6 Å². The van der Waals surface area contributed by atoms with E-state index in [1.54, 1.807) is 22.9 Å². The standard InChI is InChI=1S/C23H26Cl2N4O4/c1-11(2)29-21-13(8-26-23(28-21)27-15-10-33-9-12(15)3)6-14(22(29)30)18-19(24)16(31-4)7-17(32-5)20(18)25/h6-8,11-12,15H,9-10H2,1-5H3,(H,26,27,28)/t12-,15+/m0/s1. The maximum absolute atomic E-state index is 13.7. The van der Waals surface area contributed by atoms with Gasteiger partial charge in [-0.05, 0) is 19.9 Å². The number of hydrogen-bond acceptors (Lipinski definition) is 7. The van der Waals surface area contributed by atoms with Crippen LogP contribution in [0.3, 0.4) is 0 Å². The fourth-order valence-corrected chi connectivity index (χ4v) is 4.69. The average molecular weight is 493 g/mol. The van der Waals surface area contributed by atoms with Crippen LogP contribution in [0, 0.1) is 5.92 Å². The zero-order chi connectivity index (χ0) is 23.9. The molecular formula is C23H26Cl2N4O4. The summed E-state index contributed by atoms with van der Waals surface area (Å²) in [5.41, 5.74) is 0.893. The first kappa shape index (κ1) is 23.6. The summed E-state index contributed by atoms with van der Waals surface area (Å²) >= 11 is 13.2. The van der Waals surface area contributed by atoms with Gasteiger partial charge in [-0.3, -0.25) is 9.36 Å². The Hall–Kier alpha value is -2.55. The summed E-state index contributed by atoms with van der Waals surface area (Å²) in [7, 11) is 2.98. The predicted octanol–water partition coefficient (Wildman–Crippen LogP) is 4.81. The quantitative estimate of drug-likeness (QED) is 0.527. The summed E-state index contributed by atoms with van der Waals surface area (Å²) in [4.78, 5) is 22.8. The van der Waals surface area contributed by atoms with E-state index in [4.69, 9.17) is 37.4 Å². The number of hydrogen-bond donors (Lipinski definition) is 1. The second-order valence-electron chi connectivity index (χ2n) is 8.35. The molecule has 1 aliphatic rings. The van der Waals surface area contributed by atoms with Gasteiger partial charge in [0.25, 0.3) is 5.56 Å². The number of halogens is 2. The Balaban J connectivity index is 1.93. The van der Waals surface area contributed by atoms with Crippen molar-refractivity contribution in [2.75, 3.05) is 32.8 Å². The molecule has 2 aromatic heterocycles. The Morgan fingerprint density at radius 1 is 1.15 bits per heavy atom. The molecule has 1 fully saturated rings. The predicted molar refractivity (Wildman–Crippen MR) is 130 cm³/mol. The Kier molecular flexibility index (Phi) is 6.70. The van der Waals surface area contributed by atoms with E-state index >= 15 is 0 Å². The van der Waals surface area contributed by atoms with Gasteiger partial charge in [-0.2, -0.15) is 4.98 Å². The molecule has 8 nitrogen and oxygen atoms in total. The van der Waals surface area contributed by atoms with Crippen LogP contribution in [0.4, 0.5) is 5.95 Å². The van der Waals surface area contributed by atoms with Crippen LogP contribution in [0.5, 0.6) is 11.5 Å². The SMILES string of the molecule is COc1cc(OC)c(Cl)c(-c2cc3cnc(N[C@@H]4COC[C@@H]4C)nc3n(C(C)C)c2=O)c1Cl. The first-order valence-corrected chi connectivity index (χ1v) is 11.4. The fourth-order valence-electron chi connectivity index (χ4n) is 3.98. The summed E-state index contributed by atoms with van der Waals surface area (Å²) in [6.45, 7) is 7.23. The minimum absolute atomic E-state index is 0.114. The van der Waals surface area contributed by atoms with Gasteiger partial charge >= 0.3 is 0 Å². The maximum atomic E-state index is 13.7. The number of aromatic nitrogens is 3. The van der Waals surface area contributed by atoms with E-state index in [-0.39, 0.29) is 27.7 Å². The van der Waals surface area contributed by atoms with Crippen molar-refractivity contribution in [1.29, 1.82) is 0 Å². The Labute approximate surface area is 201 Å². The van der Waals surface area contributed by atoms with Crippen LogP contribution < -0.4 is 20.3 Å². The zero-order valence-corrected chi connectivity index (χ0v) is 20.6. The molecular weight excluding hydrogens is 467 g/mol. The molecule has 176 valence electrons. The molecule has 0 amide bonds. The highest BCUT2D eigenvalue weighted by Crippen LogP contribution is 2.45. The molecule has 0 spiro atoms. The first-order chi connectivity index (χ1) is 15.8. The van der Waals surface area contributed by atoms with Gasteiger partial charge < -0.3 is 19.5 Å². The van der Waals surface area contributed by atoms with Gasteiger partial charge in [0.05, 0.1) is 49.1 Å². The van der Waals surface area contributed by atoms with E-state index in [9.17, 15) is 4.79 Å². The molecule has 0 radical (unpaired) electrons. The largest absolute Gasteiger partial charge is 0.495 e. The monoisotopic (exact) mass is 492 g/mol. The van der Waals surface area contributed by atoms with Gasteiger partial charge in [0.15, 0.2) is 0 Å². The average Bonchev–Trinajstić information content (AvgIpc) is 3.18. The van der Waals surface area contributed by atoms with Gasteiger partial charge in [-0.15, -0.1) is 0 Å². The topological polar surface area (TPSA) is 87.5 Å². The number of methoxy groups -OCH3 is 2. The van der Waals surface area contributed by atoms with E-state index in [0.29, 0.717) is 58.7 Å². The molecule has 1 saturated heterocycles. The Morgan fingerprint density at radius 3 is 2.36 bits per heavy atom. The highest BCUT2D eigenvalue weighted by molar-refractivity contribution is 6.41. The van der Waals surface area contributed by atoms with Crippen molar-refractivity contribution >= 4 is 40.2 Å². The molecule has 0 aliphatic carbocycles. The lowest BCUT2D eigenvalue weighted by Gasteiger charge is -2.19. The highest BCUT2D eigenvalue weighted by atomic mass is 35.5. The van der Waals surface area contributed by atoms with E-state index in [2.05, 4.69) is 22.2 Å².